The van der Waals surface area contributed by atoms with Crippen LogP contribution in [-0.2, 0) is 6.42 Å². The first-order valence-corrected chi connectivity index (χ1v) is 8.88. The minimum absolute atomic E-state index is 0.0168. The van der Waals surface area contributed by atoms with Gasteiger partial charge in [-0.2, -0.15) is 0 Å². The molecule has 4 nitrogen and oxygen atoms in total. The van der Waals surface area contributed by atoms with E-state index in [9.17, 15) is 9.18 Å². The Labute approximate surface area is 158 Å². The van der Waals surface area contributed by atoms with Gasteiger partial charge in [0.05, 0.1) is 12.2 Å². The fourth-order valence-electron chi connectivity index (χ4n) is 2.87. The molecular weight excluding hydrogens is 399 g/mol. The summed E-state index contributed by atoms with van der Waals surface area (Å²) in [5.41, 5.74) is 3.02. The van der Waals surface area contributed by atoms with Gasteiger partial charge in [-0.25, -0.2) is 9.37 Å². The molecule has 6 heteroatoms. The van der Waals surface area contributed by atoms with Crippen molar-refractivity contribution in [2.45, 2.75) is 6.42 Å². The van der Waals surface area contributed by atoms with Gasteiger partial charge in [0.1, 0.15) is 17.4 Å². The van der Waals surface area contributed by atoms with Crippen molar-refractivity contribution in [2.75, 3.05) is 11.9 Å². The van der Waals surface area contributed by atoms with E-state index in [0.717, 1.165) is 27.8 Å². The standard InChI is InChI=1S/C20H14BrFN2O2/c21-16-9-12-7-8-26-18(12)10-15(16)13-5-6-19(23-11-13)24-20(25)14-3-1-2-4-17(14)22/h1-6,9-11H,7-8H2,(H,23,24,25). The summed E-state index contributed by atoms with van der Waals surface area (Å²) in [7, 11) is 0. The monoisotopic (exact) mass is 412 g/mol. The van der Waals surface area contributed by atoms with Gasteiger partial charge in [-0.05, 0) is 42.0 Å². The van der Waals surface area contributed by atoms with Crippen LogP contribution in [0, 0.1) is 5.82 Å². The van der Waals surface area contributed by atoms with Crippen LogP contribution in [0.1, 0.15) is 15.9 Å². The largest absolute Gasteiger partial charge is 0.493 e. The fourth-order valence-corrected chi connectivity index (χ4v) is 3.49. The van der Waals surface area contributed by atoms with Crippen LogP contribution in [0.4, 0.5) is 10.2 Å². The van der Waals surface area contributed by atoms with Gasteiger partial charge in [0, 0.05) is 28.2 Å². The first-order chi connectivity index (χ1) is 12.6. The molecule has 3 aromatic rings. The molecule has 1 amide bonds. The van der Waals surface area contributed by atoms with Crippen LogP contribution in [-0.4, -0.2) is 17.5 Å². The molecule has 0 radical (unpaired) electrons. The molecular formula is C20H14BrFN2O2. The van der Waals surface area contributed by atoms with E-state index in [4.69, 9.17) is 4.74 Å². The van der Waals surface area contributed by atoms with E-state index < -0.39 is 11.7 Å². The molecule has 0 aliphatic carbocycles. The van der Waals surface area contributed by atoms with Crippen molar-refractivity contribution in [1.29, 1.82) is 0 Å². The van der Waals surface area contributed by atoms with E-state index in [1.807, 2.05) is 12.1 Å². The van der Waals surface area contributed by atoms with Crippen molar-refractivity contribution in [3.05, 3.63) is 76.1 Å². The van der Waals surface area contributed by atoms with Gasteiger partial charge in [-0.3, -0.25) is 4.79 Å². The molecule has 2 heterocycles. The third-order valence-corrected chi connectivity index (χ3v) is 4.87. The number of carbonyl (C=O) groups excluding carboxylic acids is 1. The molecule has 0 bridgehead atoms. The molecule has 1 aliphatic rings. The molecule has 2 aromatic carbocycles. The number of benzene rings is 2. The number of rotatable bonds is 3. The maximum atomic E-state index is 13.7. The Bertz CT molecular complexity index is 990. The minimum Gasteiger partial charge on any atom is -0.493 e. The second-order valence-electron chi connectivity index (χ2n) is 5.90. The first kappa shape index (κ1) is 16.7. The lowest BCUT2D eigenvalue weighted by Gasteiger charge is -2.09. The van der Waals surface area contributed by atoms with E-state index in [1.165, 1.54) is 23.8 Å². The number of hydrogen-bond acceptors (Lipinski definition) is 3. The Morgan fingerprint density at radius 1 is 1.19 bits per heavy atom. The summed E-state index contributed by atoms with van der Waals surface area (Å²) in [6.45, 7) is 0.699. The number of ether oxygens (including phenoxy) is 1. The number of pyridine rings is 1. The smallest absolute Gasteiger partial charge is 0.259 e. The highest BCUT2D eigenvalue weighted by Gasteiger charge is 2.16. The number of anilines is 1. The summed E-state index contributed by atoms with van der Waals surface area (Å²) in [5, 5.41) is 2.61. The van der Waals surface area contributed by atoms with Crippen LogP contribution in [0.3, 0.4) is 0 Å². The first-order valence-electron chi connectivity index (χ1n) is 8.09. The number of amides is 1. The predicted octanol–water partition coefficient (Wildman–Crippen LogP) is 4.84. The van der Waals surface area contributed by atoms with Crippen LogP contribution < -0.4 is 10.1 Å². The van der Waals surface area contributed by atoms with E-state index >= 15 is 0 Å². The highest BCUT2D eigenvalue weighted by Crippen LogP contribution is 2.37. The third kappa shape index (κ3) is 3.20. The topological polar surface area (TPSA) is 51.2 Å². The molecule has 26 heavy (non-hydrogen) atoms. The van der Waals surface area contributed by atoms with Gasteiger partial charge in [0.25, 0.3) is 5.91 Å². The maximum absolute atomic E-state index is 13.7. The van der Waals surface area contributed by atoms with Crippen LogP contribution in [0.25, 0.3) is 11.1 Å². The third-order valence-electron chi connectivity index (χ3n) is 4.21. The average molecular weight is 413 g/mol. The zero-order chi connectivity index (χ0) is 18.1. The quantitative estimate of drug-likeness (QED) is 0.669. The summed E-state index contributed by atoms with van der Waals surface area (Å²) in [6.07, 6.45) is 2.58. The second kappa shape index (κ2) is 6.88. The number of nitrogens with one attached hydrogen (secondary N) is 1. The van der Waals surface area contributed by atoms with Crippen LogP contribution in [0.15, 0.2) is 59.2 Å². The normalized spacial score (nSPS) is 12.4. The van der Waals surface area contributed by atoms with Gasteiger partial charge in [-0.15, -0.1) is 0 Å². The van der Waals surface area contributed by atoms with Gasteiger partial charge >= 0.3 is 0 Å². The van der Waals surface area contributed by atoms with Crippen molar-refractivity contribution >= 4 is 27.7 Å². The summed E-state index contributed by atoms with van der Waals surface area (Å²) < 4.78 is 20.3. The van der Waals surface area contributed by atoms with Crippen molar-refractivity contribution in [1.82, 2.24) is 4.98 Å². The molecule has 1 N–H and O–H groups in total. The molecule has 4 rings (SSSR count). The molecule has 0 spiro atoms. The molecule has 0 saturated carbocycles. The number of carbonyl (C=O) groups is 1. The predicted molar refractivity (Wildman–Crippen MR) is 101 cm³/mol. The van der Waals surface area contributed by atoms with Gasteiger partial charge in [0.2, 0.25) is 0 Å². The van der Waals surface area contributed by atoms with Gasteiger partial charge in [-0.1, -0.05) is 28.1 Å². The Morgan fingerprint density at radius 3 is 2.81 bits per heavy atom. The number of hydrogen-bond donors (Lipinski definition) is 1. The Balaban J connectivity index is 1.56. The van der Waals surface area contributed by atoms with Crippen LogP contribution in [0.5, 0.6) is 5.75 Å². The SMILES string of the molecule is O=C(Nc1ccc(-c2cc3c(cc2Br)CCO3)cn1)c1ccccc1F. The molecule has 1 aliphatic heterocycles. The van der Waals surface area contributed by atoms with E-state index in [2.05, 4.69) is 32.3 Å². The van der Waals surface area contributed by atoms with Crippen molar-refractivity contribution in [3.63, 3.8) is 0 Å². The maximum Gasteiger partial charge on any atom is 0.259 e. The Kier molecular flexibility index (Phi) is 4.42. The molecule has 0 fully saturated rings. The average Bonchev–Trinajstić information content (AvgIpc) is 3.09. The molecule has 0 atom stereocenters. The highest BCUT2D eigenvalue weighted by atomic mass is 79.9. The van der Waals surface area contributed by atoms with E-state index in [0.29, 0.717) is 12.4 Å². The Hall–Kier alpha value is -2.73. The molecule has 1 aromatic heterocycles. The second-order valence-corrected chi connectivity index (χ2v) is 6.76. The van der Waals surface area contributed by atoms with Gasteiger partial charge in [0.15, 0.2) is 0 Å². The van der Waals surface area contributed by atoms with Crippen LogP contribution in [0.2, 0.25) is 0 Å². The number of fused-ring (bicyclic) bond motifs is 1. The molecule has 0 unspecified atom stereocenters. The summed E-state index contributed by atoms with van der Waals surface area (Å²) >= 11 is 3.59. The van der Waals surface area contributed by atoms with E-state index in [-0.39, 0.29) is 5.56 Å². The zero-order valence-electron chi connectivity index (χ0n) is 13.6. The van der Waals surface area contributed by atoms with Crippen molar-refractivity contribution < 1.29 is 13.9 Å². The summed E-state index contributed by atoms with van der Waals surface area (Å²) in [6, 6.07) is 13.4. The van der Waals surface area contributed by atoms with Crippen molar-refractivity contribution in [2.24, 2.45) is 0 Å². The summed E-state index contributed by atoms with van der Waals surface area (Å²) in [4.78, 5) is 16.4. The molecule has 130 valence electrons. The number of halogens is 2. The van der Waals surface area contributed by atoms with Gasteiger partial charge < -0.3 is 10.1 Å². The van der Waals surface area contributed by atoms with Crippen LogP contribution >= 0.6 is 15.9 Å². The highest BCUT2D eigenvalue weighted by molar-refractivity contribution is 9.10. The molecule has 0 saturated heterocycles. The number of nitrogens with zero attached hydrogens (tertiary/aromatic N) is 1. The fraction of sp³-hybridized carbons (Fsp3) is 0.100. The number of aromatic nitrogens is 1. The lowest BCUT2D eigenvalue weighted by Crippen LogP contribution is -2.14. The minimum atomic E-state index is -0.566. The summed E-state index contributed by atoms with van der Waals surface area (Å²) in [5.74, 6) is 0.148. The van der Waals surface area contributed by atoms with Crippen molar-refractivity contribution in [3.8, 4) is 16.9 Å². The van der Waals surface area contributed by atoms with E-state index in [1.54, 1.807) is 18.3 Å². The lowest BCUT2D eigenvalue weighted by molar-refractivity contribution is 0.102. The Morgan fingerprint density at radius 2 is 2.04 bits per heavy atom. The lowest BCUT2D eigenvalue weighted by atomic mass is 10.0. The zero-order valence-corrected chi connectivity index (χ0v) is 15.2.